The molecule has 0 bridgehead atoms. The lowest BCUT2D eigenvalue weighted by Crippen LogP contribution is -2.19. The predicted molar refractivity (Wildman–Crippen MR) is 54.6 cm³/mol. The molecule has 0 unspecified atom stereocenters. The summed E-state index contributed by atoms with van der Waals surface area (Å²) < 4.78 is 9.98. The van der Waals surface area contributed by atoms with E-state index in [1.54, 1.807) is 21.4 Å². The normalized spacial score (nSPS) is 10.0. The van der Waals surface area contributed by atoms with Gasteiger partial charge in [0.2, 0.25) is 5.91 Å². The molecule has 4 nitrogen and oxygen atoms in total. The fourth-order valence-electron chi connectivity index (χ4n) is 0.432. The number of primary amides is 1. The van der Waals surface area contributed by atoms with Crippen LogP contribution in [0.2, 0.25) is 0 Å². The van der Waals surface area contributed by atoms with E-state index in [1.165, 1.54) is 0 Å². The summed E-state index contributed by atoms with van der Waals surface area (Å²) in [6.07, 6.45) is 0. The van der Waals surface area contributed by atoms with Crippen LogP contribution in [0.4, 0.5) is 0 Å². The van der Waals surface area contributed by atoms with Crippen LogP contribution < -0.4 is 5.73 Å². The number of carbonyl (C=O) groups is 1. The molecule has 12 heavy (non-hydrogen) atoms. The van der Waals surface area contributed by atoms with Crippen molar-refractivity contribution < 1.29 is 14.3 Å². The van der Waals surface area contributed by atoms with Gasteiger partial charge in [-0.1, -0.05) is 10.8 Å². The molecule has 0 saturated heterocycles. The van der Waals surface area contributed by atoms with Crippen LogP contribution in [0.1, 0.15) is 0 Å². The Kier molecular flexibility index (Phi) is 9.36. The first-order valence-electron chi connectivity index (χ1n) is 3.36. The molecule has 0 heterocycles. The Morgan fingerprint density at radius 2 is 2.08 bits per heavy atom. The van der Waals surface area contributed by atoms with Crippen molar-refractivity contribution >= 4 is 34.5 Å². The third-order valence-electron chi connectivity index (χ3n) is 0.866. The molecule has 0 aliphatic rings. The summed E-state index contributed by atoms with van der Waals surface area (Å²) in [5, 5.41) is 0. The van der Waals surface area contributed by atoms with Crippen LogP contribution in [0.5, 0.6) is 0 Å². The molecule has 0 saturated carbocycles. The first-order valence-corrected chi connectivity index (χ1v) is 6.09. The van der Waals surface area contributed by atoms with Gasteiger partial charge < -0.3 is 15.2 Å². The number of carbonyl (C=O) groups excluding carboxylic acids is 1. The van der Waals surface area contributed by atoms with E-state index in [4.69, 9.17) is 15.2 Å². The van der Waals surface area contributed by atoms with Crippen molar-refractivity contribution in [2.45, 2.75) is 0 Å². The SMILES string of the molecule is BSSCOCCOCC(N)=O. The van der Waals surface area contributed by atoms with Crippen LogP contribution in [0.15, 0.2) is 0 Å². The first-order chi connectivity index (χ1) is 5.77. The molecule has 0 rings (SSSR count). The molecule has 7 heteroatoms. The second kappa shape index (κ2) is 9.24. The second-order valence-corrected chi connectivity index (χ2v) is 4.34. The van der Waals surface area contributed by atoms with Gasteiger partial charge in [-0.2, -0.15) is 10.6 Å². The molecule has 0 spiro atoms. The van der Waals surface area contributed by atoms with Gasteiger partial charge in [-0.3, -0.25) is 4.79 Å². The Hall–Kier alpha value is 0.155. The number of nitrogens with two attached hydrogens (primary N) is 1. The number of ether oxygens (including phenoxy) is 2. The monoisotopic (exact) mass is 209 g/mol. The Balaban J connectivity index is 2.86. The van der Waals surface area contributed by atoms with E-state index in [0.29, 0.717) is 19.2 Å². The Morgan fingerprint density at radius 1 is 1.42 bits per heavy atom. The highest BCUT2D eigenvalue weighted by atomic mass is 33.1. The summed E-state index contributed by atoms with van der Waals surface area (Å²) in [6.45, 7) is 0.887. The quantitative estimate of drug-likeness (QED) is 0.250. The first kappa shape index (κ1) is 12.2. The third-order valence-corrected chi connectivity index (χ3v) is 2.36. The summed E-state index contributed by atoms with van der Waals surface area (Å²) in [5.74, 6) is 0.190. The van der Waals surface area contributed by atoms with E-state index < -0.39 is 5.91 Å². The Bertz CT molecular complexity index is 127. The molecule has 0 atom stereocenters. The van der Waals surface area contributed by atoms with Gasteiger partial charge in [0.15, 0.2) is 7.12 Å². The molecule has 0 radical (unpaired) electrons. The maximum atomic E-state index is 10.2. The fourth-order valence-corrected chi connectivity index (χ4v) is 1.21. The van der Waals surface area contributed by atoms with Crippen LogP contribution in [-0.4, -0.2) is 38.8 Å². The predicted octanol–water partition coefficient (Wildman–Crippen LogP) is -0.608. The van der Waals surface area contributed by atoms with E-state index in [1.807, 2.05) is 7.12 Å². The number of amides is 1. The van der Waals surface area contributed by atoms with E-state index in [0.717, 1.165) is 0 Å². The average Bonchev–Trinajstić information content (AvgIpc) is 2.02. The number of rotatable bonds is 8. The molecule has 70 valence electrons. The van der Waals surface area contributed by atoms with Crippen LogP contribution in [0.25, 0.3) is 0 Å². The summed E-state index contributed by atoms with van der Waals surface area (Å²) in [5.41, 5.74) is 4.84. The molecule has 0 aliphatic heterocycles. The maximum Gasteiger partial charge on any atom is 0.243 e. The van der Waals surface area contributed by atoms with Crippen molar-refractivity contribution in [2.75, 3.05) is 25.8 Å². The second-order valence-electron chi connectivity index (χ2n) is 1.83. The maximum absolute atomic E-state index is 10.2. The average molecular weight is 209 g/mol. The highest BCUT2D eigenvalue weighted by Gasteiger charge is 1.93. The zero-order valence-corrected chi connectivity index (χ0v) is 8.58. The highest BCUT2D eigenvalue weighted by Crippen LogP contribution is 2.14. The van der Waals surface area contributed by atoms with E-state index >= 15 is 0 Å². The molecule has 2 N–H and O–H groups in total. The van der Waals surface area contributed by atoms with Crippen molar-refractivity contribution in [1.82, 2.24) is 0 Å². The molecular formula is C5H12BNO3S2. The molecule has 1 amide bonds. The van der Waals surface area contributed by atoms with Crippen LogP contribution >= 0.6 is 21.4 Å². The minimum atomic E-state index is -0.450. The van der Waals surface area contributed by atoms with E-state index in [-0.39, 0.29) is 6.61 Å². The molecule has 0 fully saturated rings. The molecule has 0 aromatic rings. The molecule has 0 aromatic heterocycles. The van der Waals surface area contributed by atoms with Gasteiger partial charge in [0.05, 0.1) is 13.2 Å². The number of hydrogen-bond acceptors (Lipinski definition) is 5. The minimum Gasteiger partial charge on any atom is -0.369 e. The van der Waals surface area contributed by atoms with Gasteiger partial charge in [0.1, 0.15) is 12.5 Å². The standard InChI is InChI=1S/C5H12BNO3S2/c6-12-11-4-10-2-1-9-3-5(7)8/h1-4,6H2,(H2,7,8). The van der Waals surface area contributed by atoms with Crippen molar-refractivity contribution in [3.8, 4) is 0 Å². The van der Waals surface area contributed by atoms with Crippen LogP contribution in [-0.2, 0) is 14.3 Å². The van der Waals surface area contributed by atoms with E-state index in [2.05, 4.69) is 0 Å². The number of hydrogen-bond donors (Lipinski definition) is 1. The fraction of sp³-hybridized carbons (Fsp3) is 0.800. The van der Waals surface area contributed by atoms with Crippen molar-refractivity contribution in [3.05, 3.63) is 0 Å². The Labute approximate surface area is 80.6 Å². The topological polar surface area (TPSA) is 61.6 Å². The summed E-state index contributed by atoms with van der Waals surface area (Å²) in [6, 6.07) is 0. The van der Waals surface area contributed by atoms with Crippen molar-refractivity contribution in [2.24, 2.45) is 5.73 Å². The zero-order chi connectivity index (χ0) is 9.23. The minimum absolute atomic E-state index is 0.0287. The lowest BCUT2D eigenvalue weighted by molar-refractivity contribution is -0.122. The smallest absolute Gasteiger partial charge is 0.243 e. The largest absolute Gasteiger partial charge is 0.369 e. The lowest BCUT2D eigenvalue weighted by Gasteiger charge is -2.02. The van der Waals surface area contributed by atoms with Crippen molar-refractivity contribution in [3.63, 3.8) is 0 Å². The summed E-state index contributed by atoms with van der Waals surface area (Å²) in [4.78, 5) is 10.2. The van der Waals surface area contributed by atoms with Gasteiger partial charge in [-0.25, -0.2) is 0 Å². The van der Waals surface area contributed by atoms with Crippen LogP contribution in [0.3, 0.4) is 0 Å². The summed E-state index contributed by atoms with van der Waals surface area (Å²) >= 11 is 0. The van der Waals surface area contributed by atoms with Gasteiger partial charge in [0, 0.05) is 0 Å². The van der Waals surface area contributed by atoms with Gasteiger partial charge in [0.25, 0.3) is 0 Å². The zero-order valence-electron chi connectivity index (χ0n) is 6.95. The lowest BCUT2D eigenvalue weighted by atomic mass is 10.7. The molecule has 0 aromatic carbocycles. The van der Waals surface area contributed by atoms with E-state index in [9.17, 15) is 4.79 Å². The highest BCUT2D eigenvalue weighted by molar-refractivity contribution is 8.84. The summed E-state index contributed by atoms with van der Waals surface area (Å²) in [7, 11) is 5.25. The molecule has 0 aliphatic carbocycles. The van der Waals surface area contributed by atoms with Crippen molar-refractivity contribution in [1.29, 1.82) is 0 Å². The third kappa shape index (κ3) is 10.2. The van der Waals surface area contributed by atoms with Crippen LogP contribution in [0, 0.1) is 0 Å². The van der Waals surface area contributed by atoms with Gasteiger partial charge in [-0.05, 0) is 0 Å². The van der Waals surface area contributed by atoms with Gasteiger partial charge in [-0.15, -0.1) is 0 Å². The molecular weight excluding hydrogens is 197 g/mol. The van der Waals surface area contributed by atoms with Gasteiger partial charge >= 0.3 is 0 Å². The Morgan fingerprint density at radius 3 is 2.67 bits per heavy atom.